The number of aryl methyl sites for hydroxylation is 1. The van der Waals surface area contributed by atoms with E-state index in [1.165, 1.54) is 0 Å². The zero-order valence-corrected chi connectivity index (χ0v) is 11.7. The van der Waals surface area contributed by atoms with Crippen molar-refractivity contribution in [3.63, 3.8) is 0 Å². The van der Waals surface area contributed by atoms with Crippen LogP contribution in [0.2, 0.25) is 5.02 Å². The third-order valence-corrected chi connectivity index (χ3v) is 4.06. The Labute approximate surface area is 120 Å². The molecule has 1 heterocycles. The molecule has 0 spiro atoms. The van der Waals surface area contributed by atoms with Crippen LogP contribution in [0.15, 0.2) is 18.2 Å². The number of halogens is 3. The van der Waals surface area contributed by atoms with E-state index in [0.29, 0.717) is 6.42 Å². The fraction of sp³-hybridized carbons (Fsp3) is 0.333. The summed E-state index contributed by atoms with van der Waals surface area (Å²) in [5.74, 6) is -1.40. The van der Waals surface area contributed by atoms with Gasteiger partial charge < -0.3 is 9.67 Å². The average Bonchev–Trinajstić information content (AvgIpc) is 2.67. The summed E-state index contributed by atoms with van der Waals surface area (Å²) in [4.78, 5) is 0. The van der Waals surface area contributed by atoms with Crippen molar-refractivity contribution in [3.8, 4) is 5.69 Å². The van der Waals surface area contributed by atoms with E-state index in [4.69, 9.17) is 11.6 Å². The number of aromatic nitrogens is 1. The van der Waals surface area contributed by atoms with Crippen molar-refractivity contribution in [2.75, 3.05) is 0 Å². The van der Waals surface area contributed by atoms with E-state index in [1.807, 2.05) is 13.0 Å². The molecule has 0 fully saturated rings. The summed E-state index contributed by atoms with van der Waals surface area (Å²) < 4.78 is 29.0. The van der Waals surface area contributed by atoms with E-state index >= 15 is 0 Å². The number of nitrogens with zero attached hydrogens (tertiary/aromatic N) is 1. The van der Waals surface area contributed by atoms with Gasteiger partial charge in [-0.2, -0.15) is 0 Å². The lowest BCUT2D eigenvalue weighted by Crippen LogP contribution is -2.12. The van der Waals surface area contributed by atoms with Crippen molar-refractivity contribution in [1.29, 1.82) is 0 Å². The smallest absolute Gasteiger partial charge is 0.151 e. The standard InChI is InChI=1S/C15H14ClF2NO/c1-8-5-10-13(3-2-4-14(10)20)19(8)15-11(16)6-9(17)7-12(15)18/h5-7,14,20H,2-4H2,1H3. The van der Waals surface area contributed by atoms with Crippen LogP contribution in [0.4, 0.5) is 8.78 Å². The van der Waals surface area contributed by atoms with Crippen molar-refractivity contribution >= 4 is 11.6 Å². The number of hydrogen-bond donors (Lipinski definition) is 1. The first-order valence-electron chi connectivity index (χ1n) is 6.53. The SMILES string of the molecule is Cc1cc2c(n1-c1c(F)cc(F)cc1Cl)CCCC2O. The Hall–Kier alpha value is -1.39. The first kappa shape index (κ1) is 13.6. The quantitative estimate of drug-likeness (QED) is 0.843. The summed E-state index contributed by atoms with van der Waals surface area (Å²) in [5, 5.41) is 10.1. The maximum absolute atomic E-state index is 14.1. The molecule has 0 aliphatic heterocycles. The van der Waals surface area contributed by atoms with Gasteiger partial charge in [-0.15, -0.1) is 0 Å². The molecule has 2 nitrogen and oxygen atoms in total. The van der Waals surface area contributed by atoms with Gasteiger partial charge in [0.25, 0.3) is 0 Å². The van der Waals surface area contributed by atoms with Crippen LogP contribution >= 0.6 is 11.6 Å². The Morgan fingerprint density at radius 3 is 2.75 bits per heavy atom. The van der Waals surface area contributed by atoms with Crippen LogP contribution < -0.4 is 0 Å². The Morgan fingerprint density at radius 1 is 1.30 bits per heavy atom. The minimum atomic E-state index is -0.699. The highest BCUT2D eigenvalue weighted by atomic mass is 35.5. The molecule has 106 valence electrons. The number of hydrogen-bond acceptors (Lipinski definition) is 1. The number of rotatable bonds is 1. The van der Waals surface area contributed by atoms with Crippen molar-refractivity contribution in [2.45, 2.75) is 32.3 Å². The highest BCUT2D eigenvalue weighted by Crippen LogP contribution is 2.36. The van der Waals surface area contributed by atoms with Gasteiger partial charge in [-0.05, 0) is 38.3 Å². The molecule has 1 aliphatic rings. The number of aliphatic hydroxyl groups is 1. The molecule has 0 radical (unpaired) electrons. The Morgan fingerprint density at radius 2 is 2.05 bits per heavy atom. The topological polar surface area (TPSA) is 25.2 Å². The molecule has 0 saturated carbocycles. The van der Waals surface area contributed by atoms with Crippen LogP contribution in [0.25, 0.3) is 5.69 Å². The number of fused-ring (bicyclic) bond motifs is 1. The second kappa shape index (κ2) is 4.86. The molecule has 1 unspecified atom stereocenters. The first-order chi connectivity index (χ1) is 9.49. The molecular weight excluding hydrogens is 284 g/mol. The van der Waals surface area contributed by atoms with E-state index in [2.05, 4.69) is 0 Å². The van der Waals surface area contributed by atoms with Gasteiger partial charge in [0.15, 0.2) is 5.82 Å². The summed E-state index contributed by atoms with van der Waals surface area (Å²) >= 11 is 6.01. The molecule has 1 atom stereocenters. The predicted molar refractivity (Wildman–Crippen MR) is 73.3 cm³/mol. The van der Waals surface area contributed by atoms with E-state index < -0.39 is 17.7 Å². The Balaban J connectivity index is 2.26. The largest absolute Gasteiger partial charge is 0.388 e. The van der Waals surface area contributed by atoms with Crippen LogP contribution in [0, 0.1) is 18.6 Å². The van der Waals surface area contributed by atoms with Crippen molar-refractivity contribution in [3.05, 3.63) is 51.8 Å². The van der Waals surface area contributed by atoms with E-state index in [0.717, 1.165) is 41.9 Å². The molecule has 1 aromatic heterocycles. The van der Waals surface area contributed by atoms with E-state index in [9.17, 15) is 13.9 Å². The molecule has 0 bridgehead atoms. The second-order valence-corrected chi connectivity index (χ2v) is 5.56. The monoisotopic (exact) mass is 297 g/mol. The molecule has 1 aromatic carbocycles. The fourth-order valence-corrected chi connectivity index (χ4v) is 3.22. The zero-order chi connectivity index (χ0) is 14.4. The molecular formula is C15H14ClF2NO. The van der Waals surface area contributed by atoms with E-state index in [-0.39, 0.29) is 10.7 Å². The third-order valence-electron chi connectivity index (χ3n) is 3.78. The molecule has 5 heteroatoms. The summed E-state index contributed by atoms with van der Waals surface area (Å²) in [6.45, 7) is 1.82. The Bertz CT molecular complexity index is 658. The minimum Gasteiger partial charge on any atom is -0.388 e. The Kier molecular flexibility index (Phi) is 3.30. The van der Waals surface area contributed by atoms with Gasteiger partial charge in [0, 0.05) is 23.0 Å². The van der Waals surface area contributed by atoms with Gasteiger partial charge in [-0.3, -0.25) is 0 Å². The average molecular weight is 298 g/mol. The van der Waals surface area contributed by atoms with E-state index in [1.54, 1.807) is 4.57 Å². The lowest BCUT2D eigenvalue weighted by molar-refractivity contribution is 0.156. The van der Waals surface area contributed by atoms with Crippen LogP contribution in [-0.4, -0.2) is 9.67 Å². The maximum atomic E-state index is 14.1. The van der Waals surface area contributed by atoms with Gasteiger partial charge in [0.05, 0.1) is 11.1 Å². The molecule has 0 amide bonds. The normalized spacial score (nSPS) is 18.1. The maximum Gasteiger partial charge on any atom is 0.151 e. The summed E-state index contributed by atoms with van der Waals surface area (Å²) in [6, 6.07) is 3.77. The molecule has 1 aliphatic carbocycles. The minimum absolute atomic E-state index is 0.0315. The second-order valence-electron chi connectivity index (χ2n) is 5.15. The highest BCUT2D eigenvalue weighted by Gasteiger charge is 2.26. The van der Waals surface area contributed by atoms with Gasteiger partial charge >= 0.3 is 0 Å². The molecule has 20 heavy (non-hydrogen) atoms. The predicted octanol–water partition coefficient (Wildman–Crippen LogP) is 4.09. The zero-order valence-electron chi connectivity index (χ0n) is 11.0. The number of aliphatic hydroxyl groups excluding tert-OH is 1. The van der Waals surface area contributed by atoms with Crippen LogP contribution in [0.3, 0.4) is 0 Å². The molecule has 3 rings (SSSR count). The third kappa shape index (κ3) is 2.03. The summed E-state index contributed by atoms with van der Waals surface area (Å²) in [5.41, 5.74) is 2.60. The van der Waals surface area contributed by atoms with Crippen LogP contribution in [0.1, 0.15) is 35.9 Å². The summed E-state index contributed by atoms with van der Waals surface area (Å²) in [6.07, 6.45) is 1.75. The fourth-order valence-electron chi connectivity index (χ4n) is 2.94. The van der Waals surface area contributed by atoms with Gasteiger partial charge in [-0.1, -0.05) is 11.6 Å². The molecule has 2 aromatic rings. The van der Waals surface area contributed by atoms with Crippen molar-refractivity contribution in [1.82, 2.24) is 4.57 Å². The number of benzene rings is 1. The lowest BCUT2D eigenvalue weighted by atomic mass is 9.95. The van der Waals surface area contributed by atoms with Crippen molar-refractivity contribution < 1.29 is 13.9 Å². The summed E-state index contributed by atoms with van der Waals surface area (Å²) in [7, 11) is 0. The van der Waals surface area contributed by atoms with Crippen molar-refractivity contribution in [2.24, 2.45) is 0 Å². The molecule has 0 saturated heterocycles. The first-order valence-corrected chi connectivity index (χ1v) is 6.91. The molecule has 1 N–H and O–H groups in total. The highest BCUT2D eigenvalue weighted by molar-refractivity contribution is 6.32. The van der Waals surface area contributed by atoms with Gasteiger partial charge in [-0.25, -0.2) is 8.78 Å². The van der Waals surface area contributed by atoms with Gasteiger partial charge in [0.1, 0.15) is 11.5 Å². The van der Waals surface area contributed by atoms with Crippen LogP contribution in [0.5, 0.6) is 0 Å². The van der Waals surface area contributed by atoms with Crippen LogP contribution in [-0.2, 0) is 6.42 Å². The van der Waals surface area contributed by atoms with Gasteiger partial charge in [0.2, 0.25) is 0 Å². The lowest BCUT2D eigenvalue weighted by Gasteiger charge is -2.21.